The number of likely N-dealkylation sites (tertiary alicyclic amines) is 1. The number of pyridine rings is 1. The molecular weight excluding hydrogens is 261 g/mol. The molecule has 1 atom stereocenters. The van der Waals surface area contributed by atoms with E-state index < -0.39 is 5.82 Å². The first-order valence-electron chi connectivity index (χ1n) is 6.89. The molecule has 0 spiro atoms. The highest BCUT2D eigenvalue weighted by Crippen LogP contribution is 2.20. The number of piperidine rings is 1. The van der Waals surface area contributed by atoms with E-state index in [9.17, 15) is 9.18 Å². The highest BCUT2D eigenvalue weighted by molar-refractivity contribution is 5.98. The lowest BCUT2D eigenvalue weighted by atomic mass is 10.1. The number of aromatic nitrogens is 1. The lowest BCUT2D eigenvalue weighted by Crippen LogP contribution is -2.43. The Kier molecular flexibility index (Phi) is 4.89. The molecule has 2 heterocycles. The van der Waals surface area contributed by atoms with Gasteiger partial charge in [0.15, 0.2) is 0 Å². The Bertz CT molecular complexity index is 479. The van der Waals surface area contributed by atoms with Crippen molar-refractivity contribution in [1.82, 2.24) is 9.88 Å². The minimum atomic E-state index is -0.509. The van der Waals surface area contributed by atoms with Crippen molar-refractivity contribution in [3.05, 3.63) is 23.6 Å². The Balaban J connectivity index is 2.16. The largest absolute Gasteiger partial charge is 0.377 e. The molecule has 0 saturated carbocycles. The first kappa shape index (κ1) is 14.7. The third-order valence-electron chi connectivity index (χ3n) is 3.39. The number of rotatable bonds is 4. The van der Waals surface area contributed by atoms with Gasteiger partial charge in [0.1, 0.15) is 11.6 Å². The Morgan fingerprint density at radius 3 is 3.15 bits per heavy atom. The second-order valence-corrected chi connectivity index (χ2v) is 4.77. The van der Waals surface area contributed by atoms with Crippen LogP contribution in [0.1, 0.15) is 30.1 Å². The summed E-state index contributed by atoms with van der Waals surface area (Å²) in [5, 5.41) is 2.82. The quantitative estimate of drug-likeness (QED) is 0.916. The molecule has 6 heteroatoms. The third-order valence-corrected chi connectivity index (χ3v) is 3.39. The molecule has 0 radical (unpaired) electrons. The molecule has 5 nitrogen and oxygen atoms in total. The van der Waals surface area contributed by atoms with E-state index in [1.54, 1.807) is 11.9 Å². The molecule has 0 aromatic carbocycles. The zero-order valence-corrected chi connectivity index (χ0v) is 11.9. The fraction of sp³-hybridized carbons (Fsp3) is 0.571. The van der Waals surface area contributed by atoms with Crippen LogP contribution in [0.5, 0.6) is 0 Å². The van der Waals surface area contributed by atoms with E-state index >= 15 is 0 Å². The van der Waals surface area contributed by atoms with Crippen LogP contribution >= 0.6 is 0 Å². The van der Waals surface area contributed by atoms with Gasteiger partial charge < -0.3 is 15.0 Å². The van der Waals surface area contributed by atoms with E-state index in [1.807, 2.05) is 6.92 Å². The number of hydrogen-bond donors (Lipinski definition) is 1. The minimum absolute atomic E-state index is 0.0669. The Morgan fingerprint density at radius 1 is 1.65 bits per heavy atom. The lowest BCUT2D eigenvalue weighted by molar-refractivity contribution is 0.00725. The van der Waals surface area contributed by atoms with Gasteiger partial charge in [-0.05, 0) is 25.8 Å². The van der Waals surface area contributed by atoms with Crippen LogP contribution in [0, 0.1) is 5.82 Å². The fourth-order valence-corrected chi connectivity index (χ4v) is 2.47. The number of anilines is 1. The Hall–Kier alpha value is -1.69. The van der Waals surface area contributed by atoms with E-state index in [1.165, 1.54) is 6.07 Å². The highest BCUT2D eigenvalue weighted by atomic mass is 19.1. The molecule has 110 valence electrons. The monoisotopic (exact) mass is 281 g/mol. The summed E-state index contributed by atoms with van der Waals surface area (Å²) in [6, 6.07) is 1.23. The van der Waals surface area contributed by atoms with Gasteiger partial charge in [-0.25, -0.2) is 9.37 Å². The van der Waals surface area contributed by atoms with Gasteiger partial charge in [0, 0.05) is 26.7 Å². The summed E-state index contributed by atoms with van der Waals surface area (Å²) < 4.78 is 18.9. The van der Waals surface area contributed by atoms with Crippen molar-refractivity contribution in [1.29, 1.82) is 0 Å². The topological polar surface area (TPSA) is 54.5 Å². The maximum Gasteiger partial charge on any atom is 0.257 e. The van der Waals surface area contributed by atoms with Crippen LogP contribution in [-0.4, -0.2) is 48.6 Å². The normalized spacial score (nSPS) is 18.9. The van der Waals surface area contributed by atoms with E-state index in [4.69, 9.17) is 4.74 Å². The summed E-state index contributed by atoms with van der Waals surface area (Å²) in [7, 11) is 1.66. The molecule has 20 heavy (non-hydrogen) atoms. The predicted molar refractivity (Wildman–Crippen MR) is 74.3 cm³/mol. The SMILES string of the molecule is CCOC1CCCN(C(=O)c2cc(F)cnc2NC)C1. The number of carbonyl (C=O) groups is 1. The molecule has 1 amide bonds. The summed E-state index contributed by atoms with van der Waals surface area (Å²) >= 11 is 0. The second kappa shape index (κ2) is 6.65. The van der Waals surface area contributed by atoms with Gasteiger partial charge in [0.2, 0.25) is 0 Å². The van der Waals surface area contributed by atoms with Gasteiger partial charge in [-0.3, -0.25) is 4.79 Å². The summed E-state index contributed by atoms with van der Waals surface area (Å²) in [6.45, 7) is 3.79. The molecule has 0 aliphatic carbocycles. The predicted octanol–water partition coefficient (Wildman–Crippen LogP) is 1.90. The number of amides is 1. The van der Waals surface area contributed by atoms with Crippen LogP contribution in [0.25, 0.3) is 0 Å². The van der Waals surface area contributed by atoms with Crippen LogP contribution in [-0.2, 0) is 4.74 Å². The van der Waals surface area contributed by atoms with Crippen molar-refractivity contribution >= 4 is 11.7 Å². The van der Waals surface area contributed by atoms with Gasteiger partial charge in [-0.15, -0.1) is 0 Å². The summed E-state index contributed by atoms with van der Waals surface area (Å²) in [5.74, 6) is -0.314. The molecular formula is C14H20FN3O2. The number of nitrogens with zero attached hydrogens (tertiary/aromatic N) is 2. The van der Waals surface area contributed by atoms with Crippen LogP contribution < -0.4 is 5.32 Å². The molecule has 1 unspecified atom stereocenters. The standard InChI is InChI=1S/C14H20FN3O2/c1-3-20-11-5-4-6-18(9-11)14(19)12-7-10(15)8-17-13(12)16-2/h7-8,11H,3-6,9H2,1-2H3,(H,16,17). The Labute approximate surface area is 118 Å². The zero-order chi connectivity index (χ0) is 14.5. The van der Waals surface area contributed by atoms with Crippen LogP contribution in [0.4, 0.5) is 10.2 Å². The molecule has 2 rings (SSSR count). The molecule has 1 saturated heterocycles. The van der Waals surface area contributed by atoms with Gasteiger partial charge in [-0.2, -0.15) is 0 Å². The molecule has 1 aliphatic heterocycles. The van der Waals surface area contributed by atoms with Crippen LogP contribution in [0.3, 0.4) is 0 Å². The lowest BCUT2D eigenvalue weighted by Gasteiger charge is -2.32. The highest BCUT2D eigenvalue weighted by Gasteiger charge is 2.26. The molecule has 1 aliphatic rings. The van der Waals surface area contributed by atoms with Gasteiger partial charge >= 0.3 is 0 Å². The second-order valence-electron chi connectivity index (χ2n) is 4.77. The first-order valence-corrected chi connectivity index (χ1v) is 6.89. The summed E-state index contributed by atoms with van der Waals surface area (Å²) in [4.78, 5) is 18.1. The smallest absolute Gasteiger partial charge is 0.257 e. The van der Waals surface area contributed by atoms with Gasteiger partial charge in [-0.1, -0.05) is 0 Å². The van der Waals surface area contributed by atoms with E-state index in [-0.39, 0.29) is 17.6 Å². The summed E-state index contributed by atoms with van der Waals surface area (Å²) in [5.41, 5.74) is 0.268. The number of halogens is 1. The number of hydrogen-bond acceptors (Lipinski definition) is 4. The maximum absolute atomic E-state index is 13.3. The first-order chi connectivity index (χ1) is 9.65. The van der Waals surface area contributed by atoms with Crippen LogP contribution in [0.15, 0.2) is 12.3 Å². The van der Waals surface area contributed by atoms with Crippen molar-refractivity contribution in [2.24, 2.45) is 0 Å². The molecule has 1 aromatic rings. The number of nitrogens with one attached hydrogen (secondary N) is 1. The fourth-order valence-electron chi connectivity index (χ4n) is 2.47. The van der Waals surface area contributed by atoms with Crippen LogP contribution in [0.2, 0.25) is 0 Å². The average Bonchev–Trinajstić information content (AvgIpc) is 2.47. The van der Waals surface area contributed by atoms with E-state index in [0.29, 0.717) is 25.5 Å². The van der Waals surface area contributed by atoms with Crippen molar-refractivity contribution in [3.8, 4) is 0 Å². The van der Waals surface area contributed by atoms with E-state index in [2.05, 4.69) is 10.3 Å². The Morgan fingerprint density at radius 2 is 2.45 bits per heavy atom. The maximum atomic E-state index is 13.3. The minimum Gasteiger partial charge on any atom is -0.377 e. The van der Waals surface area contributed by atoms with Gasteiger partial charge in [0.25, 0.3) is 5.91 Å². The molecule has 1 fully saturated rings. The van der Waals surface area contributed by atoms with Crippen molar-refractivity contribution in [2.75, 3.05) is 32.1 Å². The molecule has 1 N–H and O–H groups in total. The number of ether oxygens (including phenoxy) is 1. The zero-order valence-electron chi connectivity index (χ0n) is 11.9. The summed E-state index contributed by atoms with van der Waals surface area (Å²) in [6.07, 6.45) is 3.02. The third kappa shape index (κ3) is 3.25. The van der Waals surface area contributed by atoms with Crippen molar-refractivity contribution in [3.63, 3.8) is 0 Å². The van der Waals surface area contributed by atoms with Crippen molar-refractivity contribution in [2.45, 2.75) is 25.9 Å². The number of carbonyl (C=O) groups excluding carboxylic acids is 1. The van der Waals surface area contributed by atoms with Gasteiger partial charge in [0.05, 0.1) is 17.9 Å². The molecule has 0 bridgehead atoms. The average molecular weight is 281 g/mol. The van der Waals surface area contributed by atoms with Crippen molar-refractivity contribution < 1.29 is 13.9 Å². The van der Waals surface area contributed by atoms with E-state index in [0.717, 1.165) is 19.0 Å². The molecule has 1 aromatic heterocycles.